The molecule has 0 saturated heterocycles. The predicted molar refractivity (Wildman–Crippen MR) is 133 cm³/mol. The minimum atomic E-state index is -1.61. The lowest BCUT2D eigenvalue weighted by atomic mass is 9.70. The van der Waals surface area contributed by atoms with Crippen molar-refractivity contribution in [3.05, 3.63) is 58.4 Å². The maximum atomic E-state index is 13.5. The first kappa shape index (κ1) is 27.3. The van der Waals surface area contributed by atoms with Crippen molar-refractivity contribution in [1.29, 1.82) is 0 Å². The van der Waals surface area contributed by atoms with Crippen LogP contribution in [0.2, 0.25) is 5.02 Å². The van der Waals surface area contributed by atoms with Crippen molar-refractivity contribution in [2.45, 2.75) is 73.4 Å². The van der Waals surface area contributed by atoms with E-state index in [2.05, 4.69) is 5.32 Å². The Morgan fingerprint density at radius 1 is 1.17 bits per heavy atom. The number of aliphatic hydroxyl groups excluding tert-OH is 1. The molecule has 2 unspecified atom stereocenters. The summed E-state index contributed by atoms with van der Waals surface area (Å²) in [6.07, 6.45) is 2.12. The molecule has 0 aliphatic heterocycles. The summed E-state index contributed by atoms with van der Waals surface area (Å²) in [5, 5.41) is 34.9. The normalized spacial score (nSPS) is 26.6. The van der Waals surface area contributed by atoms with Crippen LogP contribution >= 0.6 is 23.4 Å². The molecule has 4 N–H and O–H groups in total. The third-order valence-corrected chi connectivity index (χ3v) is 9.19. The van der Waals surface area contributed by atoms with Crippen LogP contribution in [0, 0.1) is 29.3 Å². The average molecular weight is 544 g/mol. The van der Waals surface area contributed by atoms with Crippen molar-refractivity contribution < 1.29 is 33.3 Å². The van der Waals surface area contributed by atoms with Crippen molar-refractivity contribution in [2.75, 3.05) is 5.32 Å². The van der Waals surface area contributed by atoms with Gasteiger partial charge in [0.1, 0.15) is 0 Å². The second-order valence-electron chi connectivity index (χ2n) is 10.4. The number of fused-ring (bicyclic) bond motifs is 2. The Morgan fingerprint density at radius 3 is 2.31 bits per heavy atom. The van der Waals surface area contributed by atoms with E-state index in [0.29, 0.717) is 34.9 Å². The van der Waals surface area contributed by atoms with E-state index in [1.54, 1.807) is 12.1 Å². The van der Waals surface area contributed by atoms with Crippen LogP contribution in [0.15, 0.2) is 35.2 Å². The van der Waals surface area contributed by atoms with Crippen LogP contribution in [0.5, 0.6) is 0 Å². The molecule has 0 aromatic heterocycles. The van der Waals surface area contributed by atoms with Crippen LogP contribution in [0.1, 0.15) is 56.3 Å². The molecular formula is C26H29ClF3NO4S. The van der Waals surface area contributed by atoms with Gasteiger partial charge in [-0.25, -0.2) is 13.2 Å². The molecule has 2 aliphatic rings. The highest BCUT2D eigenvalue weighted by molar-refractivity contribution is 8.00. The van der Waals surface area contributed by atoms with E-state index in [9.17, 15) is 33.3 Å². The van der Waals surface area contributed by atoms with Gasteiger partial charge in [0.25, 0.3) is 5.91 Å². The molecule has 0 spiro atoms. The third kappa shape index (κ3) is 5.55. The second kappa shape index (κ2) is 10.2. The Hall–Kier alpha value is -1.78. The van der Waals surface area contributed by atoms with Crippen LogP contribution < -0.4 is 5.32 Å². The predicted octanol–water partition coefficient (Wildman–Crippen LogP) is 5.54. The molecule has 10 heteroatoms. The molecule has 2 bridgehead atoms. The fourth-order valence-corrected chi connectivity index (χ4v) is 6.99. The summed E-state index contributed by atoms with van der Waals surface area (Å²) in [6.45, 7) is 3.05. The highest BCUT2D eigenvalue weighted by atomic mass is 35.5. The molecule has 36 heavy (non-hydrogen) atoms. The molecule has 2 aromatic carbocycles. The quantitative estimate of drug-likeness (QED) is 0.344. The number of hydrogen-bond acceptors (Lipinski definition) is 5. The zero-order chi connectivity index (χ0) is 26.4. The van der Waals surface area contributed by atoms with Crippen LogP contribution in [-0.4, -0.2) is 43.8 Å². The SMILES string of the molecule is CC(C)(O)C(O)C[C@@]1(O)C2CC[C@H]1C[C@H](Sc1cc(C(=O)Nc3cc(F)c(F)c(F)c3)ccc1Cl)C2. The summed E-state index contributed by atoms with van der Waals surface area (Å²) in [6, 6.07) is 6.06. The van der Waals surface area contributed by atoms with Crippen LogP contribution in [-0.2, 0) is 0 Å². The molecular weight excluding hydrogens is 515 g/mol. The number of benzene rings is 2. The van der Waals surface area contributed by atoms with Crippen LogP contribution in [0.25, 0.3) is 0 Å². The fourth-order valence-electron chi connectivity index (χ4n) is 5.34. The number of halogens is 4. The molecule has 5 atom stereocenters. The van der Waals surface area contributed by atoms with Gasteiger partial charge in [0.2, 0.25) is 0 Å². The molecule has 2 fully saturated rings. The highest BCUT2D eigenvalue weighted by Gasteiger charge is 2.54. The van der Waals surface area contributed by atoms with Crippen molar-refractivity contribution in [3.8, 4) is 0 Å². The first-order valence-corrected chi connectivity index (χ1v) is 13.1. The minimum Gasteiger partial charge on any atom is -0.390 e. The number of aliphatic hydroxyl groups is 3. The van der Waals surface area contributed by atoms with E-state index >= 15 is 0 Å². The van der Waals surface area contributed by atoms with Crippen LogP contribution in [0.3, 0.4) is 0 Å². The summed E-state index contributed by atoms with van der Waals surface area (Å²) < 4.78 is 40.2. The first-order valence-electron chi connectivity index (χ1n) is 11.8. The van der Waals surface area contributed by atoms with Crippen molar-refractivity contribution in [1.82, 2.24) is 0 Å². The summed E-state index contributed by atoms with van der Waals surface area (Å²) in [5.41, 5.74) is -2.34. The number of nitrogens with one attached hydrogen (secondary N) is 1. The fraction of sp³-hybridized carbons (Fsp3) is 0.500. The van der Waals surface area contributed by atoms with Gasteiger partial charge in [-0.15, -0.1) is 11.8 Å². The van der Waals surface area contributed by atoms with Crippen molar-refractivity contribution in [2.24, 2.45) is 11.8 Å². The molecule has 1 amide bonds. The smallest absolute Gasteiger partial charge is 0.255 e. The summed E-state index contributed by atoms with van der Waals surface area (Å²) >= 11 is 7.90. The van der Waals surface area contributed by atoms with E-state index in [1.165, 1.54) is 31.7 Å². The second-order valence-corrected chi connectivity index (χ2v) is 12.1. The molecule has 0 radical (unpaired) electrons. The van der Waals surface area contributed by atoms with Crippen molar-refractivity contribution in [3.63, 3.8) is 0 Å². The molecule has 0 heterocycles. The Morgan fingerprint density at radius 2 is 1.75 bits per heavy atom. The number of carbonyl (C=O) groups excluding carboxylic acids is 1. The molecule has 5 nitrogen and oxygen atoms in total. The van der Waals surface area contributed by atoms with Crippen LogP contribution in [0.4, 0.5) is 18.9 Å². The van der Waals surface area contributed by atoms with Gasteiger partial charge in [-0.2, -0.15) is 0 Å². The monoisotopic (exact) mass is 543 g/mol. The van der Waals surface area contributed by atoms with Gasteiger partial charge < -0.3 is 20.6 Å². The van der Waals surface area contributed by atoms with Gasteiger partial charge >= 0.3 is 0 Å². The Labute approximate surface area is 217 Å². The Balaban J connectivity index is 1.45. The largest absolute Gasteiger partial charge is 0.390 e. The van der Waals surface area contributed by atoms with Gasteiger partial charge in [0, 0.05) is 39.9 Å². The molecule has 2 aliphatic carbocycles. The number of anilines is 1. The summed E-state index contributed by atoms with van der Waals surface area (Å²) in [7, 11) is 0. The van der Waals surface area contributed by atoms with Gasteiger partial charge in [0.15, 0.2) is 17.5 Å². The lowest BCUT2D eigenvalue weighted by Gasteiger charge is -2.45. The van der Waals surface area contributed by atoms with Gasteiger partial charge in [0.05, 0.1) is 22.3 Å². The zero-order valence-corrected chi connectivity index (χ0v) is 21.5. The van der Waals surface area contributed by atoms with E-state index in [0.717, 1.165) is 12.8 Å². The number of thioether (sulfide) groups is 1. The zero-order valence-electron chi connectivity index (χ0n) is 19.9. The third-order valence-electron chi connectivity index (χ3n) is 7.44. The highest BCUT2D eigenvalue weighted by Crippen LogP contribution is 2.55. The summed E-state index contributed by atoms with van der Waals surface area (Å²) in [4.78, 5) is 13.3. The van der Waals surface area contributed by atoms with E-state index in [4.69, 9.17) is 11.6 Å². The van der Waals surface area contributed by atoms with E-state index in [1.807, 2.05) is 0 Å². The summed E-state index contributed by atoms with van der Waals surface area (Å²) in [5.74, 6) is -5.10. The molecule has 4 rings (SSSR count). The maximum absolute atomic E-state index is 13.5. The number of carbonyl (C=O) groups is 1. The lowest BCUT2D eigenvalue weighted by Crippen LogP contribution is -2.51. The Bertz CT molecular complexity index is 1120. The lowest BCUT2D eigenvalue weighted by molar-refractivity contribution is -0.129. The molecule has 2 saturated carbocycles. The average Bonchev–Trinajstić information content (AvgIpc) is 2.95. The van der Waals surface area contributed by atoms with E-state index < -0.39 is 40.7 Å². The molecule has 196 valence electrons. The Kier molecular flexibility index (Phi) is 7.70. The number of hydrogen-bond donors (Lipinski definition) is 4. The topological polar surface area (TPSA) is 89.8 Å². The first-order chi connectivity index (χ1) is 16.8. The number of amides is 1. The maximum Gasteiger partial charge on any atom is 0.255 e. The minimum absolute atomic E-state index is 0.0284. The van der Waals surface area contributed by atoms with Gasteiger partial charge in [-0.1, -0.05) is 11.6 Å². The van der Waals surface area contributed by atoms with Gasteiger partial charge in [-0.3, -0.25) is 4.79 Å². The number of rotatable bonds is 7. The van der Waals surface area contributed by atoms with E-state index in [-0.39, 0.29) is 34.8 Å². The van der Waals surface area contributed by atoms with Gasteiger partial charge in [-0.05, 0) is 69.6 Å². The molecule has 2 aromatic rings. The van der Waals surface area contributed by atoms with Crippen molar-refractivity contribution >= 4 is 35.0 Å². The standard InChI is InChI=1S/C26H29ClF3NO4S/c1-25(2,34)22(32)12-26(35)14-4-5-15(26)9-17(8-14)36-21-7-13(3-6-18(21)27)24(33)31-16-10-19(28)23(30)20(29)11-16/h3,6-7,10-11,14-15,17,22,32,34-35H,4-5,8-9,12H2,1-2H3,(H,31,33)/t14-,15?,17-,22?,26-/m0/s1.